The molecule has 0 saturated heterocycles. The Hall–Kier alpha value is -0.880. The predicted octanol–water partition coefficient (Wildman–Crippen LogP) is 2.00. The maximum atomic E-state index is 12.2. The van der Waals surface area contributed by atoms with Gasteiger partial charge in [0.1, 0.15) is 0 Å². The van der Waals surface area contributed by atoms with Crippen LogP contribution in [0.4, 0.5) is 0 Å². The molecule has 18 heavy (non-hydrogen) atoms. The molecule has 0 radical (unpaired) electrons. The van der Waals surface area contributed by atoms with Gasteiger partial charge in [-0.2, -0.15) is 11.3 Å². The molecule has 1 heterocycles. The van der Waals surface area contributed by atoms with E-state index in [2.05, 4.69) is 4.72 Å². The number of hydrogen-bond donors (Lipinski definition) is 1. The van der Waals surface area contributed by atoms with Crippen LogP contribution in [0.2, 0.25) is 0 Å². The van der Waals surface area contributed by atoms with E-state index in [4.69, 9.17) is 0 Å². The molecule has 4 nitrogen and oxygen atoms in total. The molecule has 3 rings (SSSR count). The van der Waals surface area contributed by atoms with E-state index in [1.54, 1.807) is 16.8 Å². The standard InChI is InChI=1S/C12H15NO3S2/c14-12(10-3-4-17-7-10)13-18(15,16)11-6-8-1-2-9(11)5-8/h3-4,7-9,11H,1-2,5-6H2,(H,13,14)/t8-,9+,11?/m1/s1. The minimum Gasteiger partial charge on any atom is -0.268 e. The van der Waals surface area contributed by atoms with Crippen LogP contribution in [0, 0.1) is 11.8 Å². The van der Waals surface area contributed by atoms with Crippen LogP contribution < -0.4 is 4.72 Å². The summed E-state index contributed by atoms with van der Waals surface area (Å²) in [5.74, 6) is 0.301. The monoisotopic (exact) mass is 285 g/mol. The van der Waals surface area contributed by atoms with Gasteiger partial charge in [-0.3, -0.25) is 4.79 Å². The fourth-order valence-electron chi connectivity index (χ4n) is 3.22. The Morgan fingerprint density at radius 3 is 2.72 bits per heavy atom. The summed E-state index contributed by atoms with van der Waals surface area (Å²) >= 11 is 1.38. The number of hydrogen-bond acceptors (Lipinski definition) is 4. The van der Waals surface area contributed by atoms with Crippen molar-refractivity contribution in [1.82, 2.24) is 4.72 Å². The van der Waals surface area contributed by atoms with E-state index in [0.717, 1.165) is 25.7 Å². The van der Waals surface area contributed by atoms with Crippen molar-refractivity contribution >= 4 is 27.3 Å². The number of nitrogens with one attached hydrogen (secondary N) is 1. The van der Waals surface area contributed by atoms with Gasteiger partial charge >= 0.3 is 0 Å². The van der Waals surface area contributed by atoms with Crippen LogP contribution in [0.15, 0.2) is 16.8 Å². The van der Waals surface area contributed by atoms with Gasteiger partial charge in [-0.15, -0.1) is 0 Å². The SMILES string of the molecule is O=C(NS(=O)(=O)C1C[C@@H]2CC[C@H]1C2)c1ccsc1. The van der Waals surface area contributed by atoms with E-state index >= 15 is 0 Å². The third-order valence-corrected chi connectivity index (χ3v) is 6.62. The Labute approximate surface area is 110 Å². The van der Waals surface area contributed by atoms with Gasteiger partial charge in [0.05, 0.1) is 10.8 Å². The van der Waals surface area contributed by atoms with Crippen LogP contribution in [0.5, 0.6) is 0 Å². The molecule has 0 spiro atoms. The van der Waals surface area contributed by atoms with Gasteiger partial charge in [-0.25, -0.2) is 13.1 Å². The van der Waals surface area contributed by atoms with Gasteiger partial charge in [0.2, 0.25) is 10.0 Å². The summed E-state index contributed by atoms with van der Waals surface area (Å²) in [6.45, 7) is 0. The maximum absolute atomic E-state index is 12.2. The molecule has 1 unspecified atom stereocenters. The fraction of sp³-hybridized carbons (Fsp3) is 0.583. The largest absolute Gasteiger partial charge is 0.268 e. The van der Waals surface area contributed by atoms with Crippen molar-refractivity contribution in [3.63, 3.8) is 0 Å². The second-order valence-electron chi connectivity index (χ2n) is 5.20. The van der Waals surface area contributed by atoms with Gasteiger partial charge in [0, 0.05) is 5.38 Å². The molecular weight excluding hydrogens is 270 g/mol. The summed E-state index contributed by atoms with van der Waals surface area (Å²) in [6.07, 6.45) is 3.87. The molecule has 3 atom stereocenters. The summed E-state index contributed by atoms with van der Waals surface area (Å²) in [5, 5.41) is 3.06. The highest BCUT2D eigenvalue weighted by Crippen LogP contribution is 2.47. The van der Waals surface area contributed by atoms with Crippen LogP contribution in [-0.4, -0.2) is 19.6 Å². The molecule has 2 bridgehead atoms. The average Bonchev–Trinajstić information content (AvgIpc) is 3.05. The molecule has 2 fully saturated rings. The third kappa shape index (κ3) is 2.07. The summed E-state index contributed by atoms with van der Waals surface area (Å²) in [5.41, 5.74) is 0.423. The smallest absolute Gasteiger partial charge is 0.265 e. The lowest BCUT2D eigenvalue weighted by molar-refractivity contribution is 0.0981. The molecule has 6 heteroatoms. The Morgan fingerprint density at radius 1 is 1.33 bits per heavy atom. The topological polar surface area (TPSA) is 63.2 Å². The van der Waals surface area contributed by atoms with Crippen molar-refractivity contribution < 1.29 is 13.2 Å². The number of amides is 1. The molecule has 1 aromatic heterocycles. The zero-order valence-electron chi connectivity index (χ0n) is 9.83. The van der Waals surface area contributed by atoms with Crippen molar-refractivity contribution in [2.75, 3.05) is 0 Å². The molecule has 0 aliphatic heterocycles. The predicted molar refractivity (Wildman–Crippen MR) is 69.9 cm³/mol. The molecule has 2 aliphatic rings. The number of sulfonamides is 1. The number of thiophene rings is 1. The normalized spacial score (nSPS) is 30.6. The first-order chi connectivity index (χ1) is 8.56. The molecule has 2 aliphatic carbocycles. The number of fused-ring (bicyclic) bond motifs is 2. The van der Waals surface area contributed by atoms with Gasteiger partial charge in [0.15, 0.2) is 0 Å². The first kappa shape index (κ1) is 12.2. The van der Waals surface area contributed by atoms with Crippen LogP contribution in [0.25, 0.3) is 0 Å². The van der Waals surface area contributed by atoms with Crippen molar-refractivity contribution in [2.24, 2.45) is 11.8 Å². The first-order valence-electron chi connectivity index (χ1n) is 6.14. The summed E-state index contributed by atoms with van der Waals surface area (Å²) in [4.78, 5) is 11.8. The van der Waals surface area contributed by atoms with Gasteiger partial charge in [0.25, 0.3) is 5.91 Å². The Morgan fingerprint density at radius 2 is 2.17 bits per heavy atom. The van der Waals surface area contributed by atoms with E-state index in [9.17, 15) is 13.2 Å². The number of rotatable bonds is 3. The second-order valence-corrected chi connectivity index (χ2v) is 7.88. The van der Waals surface area contributed by atoms with Crippen molar-refractivity contribution in [2.45, 2.75) is 30.9 Å². The van der Waals surface area contributed by atoms with Crippen LogP contribution >= 0.6 is 11.3 Å². The van der Waals surface area contributed by atoms with Gasteiger partial charge < -0.3 is 0 Å². The molecule has 98 valence electrons. The molecule has 0 aromatic carbocycles. The highest BCUT2D eigenvalue weighted by Gasteiger charge is 2.46. The Balaban J connectivity index is 1.74. The fourth-order valence-corrected chi connectivity index (χ4v) is 5.67. The van der Waals surface area contributed by atoms with Crippen molar-refractivity contribution in [3.8, 4) is 0 Å². The van der Waals surface area contributed by atoms with Crippen LogP contribution in [0.3, 0.4) is 0 Å². The second kappa shape index (κ2) is 4.35. The first-order valence-corrected chi connectivity index (χ1v) is 8.63. The molecule has 1 amide bonds. The highest BCUT2D eigenvalue weighted by atomic mass is 32.2. The van der Waals surface area contributed by atoms with E-state index in [-0.39, 0.29) is 11.2 Å². The third-order valence-electron chi connectivity index (χ3n) is 4.09. The van der Waals surface area contributed by atoms with Gasteiger partial charge in [-0.05, 0) is 42.5 Å². The molecule has 1 aromatic rings. The summed E-state index contributed by atoms with van der Waals surface area (Å²) < 4.78 is 26.6. The van der Waals surface area contributed by atoms with E-state index < -0.39 is 15.9 Å². The molecular formula is C12H15NO3S2. The zero-order valence-corrected chi connectivity index (χ0v) is 11.5. The minimum absolute atomic E-state index is 0.253. The van der Waals surface area contributed by atoms with Gasteiger partial charge in [-0.1, -0.05) is 6.42 Å². The highest BCUT2D eigenvalue weighted by molar-refractivity contribution is 7.90. The van der Waals surface area contributed by atoms with Crippen LogP contribution in [0.1, 0.15) is 36.0 Å². The van der Waals surface area contributed by atoms with E-state index in [1.165, 1.54) is 11.3 Å². The lowest BCUT2D eigenvalue weighted by Crippen LogP contribution is -2.40. The van der Waals surface area contributed by atoms with Crippen molar-refractivity contribution in [3.05, 3.63) is 22.4 Å². The van der Waals surface area contributed by atoms with E-state index in [0.29, 0.717) is 11.5 Å². The van der Waals surface area contributed by atoms with Crippen molar-refractivity contribution in [1.29, 1.82) is 0 Å². The van der Waals surface area contributed by atoms with Crippen LogP contribution in [-0.2, 0) is 10.0 Å². The number of carbonyl (C=O) groups is 1. The molecule has 2 saturated carbocycles. The lowest BCUT2D eigenvalue weighted by atomic mass is 10.0. The minimum atomic E-state index is -3.51. The Kier molecular flexibility index (Phi) is 2.94. The lowest BCUT2D eigenvalue weighted by Gasteiger charge is -2.21. The van der Waals surface area contributed by atoms with E-state index in [1.807, 2.05) is 0 Å². The zero-order chi connectivity index (χ0) is 12.8. The number of carbonyl (C=O) groups excluding carboxylic acids is 1. The maximum Gasteiger partial charge on any atom is 0.265 e. The summed E-state index contributed by atoms with van der Waals surface area (Å²) in [6, 6.07) is 1.64. The Bertz CT molecular complexity index is 550. The quantitative estimate of drug-likeness (QED) is 0.924. The molecule has 1 N–H and O–H groups in total. The average molecular weight is 285 g/mol. The summed E-state index contributed by atoms with van der Waals surface area (Å²) in [7, 11) is -3.51.